The number of rotatable bonds is 6. The molecule has 0 radical (unpaired) electrons. The Morgan fingerprint density at radius 3 is 2.39 bits per heavy atom. The molecule has 0 bridgehead atoms. The Morgan fingerprint density at radius 1 is 1.13 bits per heavy atom. The summed E-state index contributed by atoms with van der Waals surface area (Å²) in [7, 11) is -3.96. The Bertz CT molecular complexity index is 1210. The van der Waals surface area contributed by atoms with Gasteiger partial charge in [0.2, 0.25) is 0 Å². The second-order valence-electron chi connectivity index (χ2n) is 6.09. The molecule has 6 nitrogen and oxygen atoms in total. The quantitative estimate of drug-likeness (QED) is 0.488. The summed E-state index contributed by atoms with van der Waals surface area (Å²) in [4.78, 5) is 15.9. The average molecular weight is 494 g/mol. The van der Waals surface area contributed by atoms with E-state index in [1.807, 2.05) is 0 Å². The van der Waals surface area contributed by atoms with E-state index in [1.165, 1.54) is 30.5 Å². The lowest BCUT2D eigenvalue weighted by atomic mass is 10.1. The first-order chi connectivity index (χ1) is 14.5. The van der Waals surface area contributed by atoms with E-state index in [0.29, 0.717) is 16.5 Å². The molecule has 0 saturated heterocycles. The minimum Gasteiger partial charge on any atom is -0.348 e. The normalized spacial score (nSPS) is 11.9. The second-order valence-corrected chi connectivity index (χ2v) is 9.44. The number of aromatic nitrogens is 1. The maximum atomic E-state index is 13.3. The maximum absolute atomic E-state index is 13.3. The molecule has 1 aromatic heterocycles. The number of carbonyl (C=O) groups is 1. The van der Waals surface area contributed by atoms with Crippen LogP contribution in [0.4, 0.5) is 22.7 Å². The summed E-state index contributed by atoms with van der Waals surface area (Å²) >= 11 is 6.64. The Balaban J connectivity index is 1.67. The first-order valence-corrected chi connectivity index (χ1v) is 11.0. The molecule has 0 aliphatic rings. The number of benzene rings is 2. The van der Waals surface area contributed by atoms with Crippen molar-refractivity contribution >= 4 is 44.0 Å². The number of alkyl halides is 3. The van der Waals surface area contributed by atoms with Crippen molar-refractivity contribution in [3.05, 3.63) is 75.5 Å². The number of carbonyl (C=O) groups excluding carboxylic acids is 1. The molecule has 2 N–H and O–H groups in total. The first kappa shape index (κ1) is 23.0. The Morgan fingerprint density at radius 2 is 1.81 bits per heavy atom. The predicted molar refractivity (Wildman–Crippen MR) is 107 cm³/mol. The molecule has 1 heterocycles. The zero-order chi connectivity index (χ0) is 22.8. The van der Waals surface area contributed by atoms with E-state index in [4.69, 9.17) is 11.6 Å². The second kappa shape index (κ2) is 8.81. The van der Waals surface area contributed by atoms with Gasteiger partial charge in [-0.3, -0.25) is 9.52 Å². The van der Waals surface area contributed by atoms with Crippen molar-refractivity contribution in [1.82, 2.24) is 10.3 Å². The van der Waals surface area contributed by atoms with Crippen LogP contribution in [0.5, 0.6) is 0 Å². The van der Waals surface area contributed by atoms with Gasteiger partial charge in [-0.25, -0.2) is 17.8 Å². The summed E-state index contributed by atoms with van der Waals surface area (Å²) in [5.74, 6) is -2.06. The molecule has 2 aromatic carbocycles. The standard InChI is InChI=1S/C18H12ClF4N3O3S2/c19-15-9-25-17(30-15)26-31(28,29)12-4-2-11(3-5-12)16(27)24-8-10-1-6-14(20)13(7-10)18(21,22)23/h1-7,9H,8H2,(H,24,27)(H,25,26). The number of nitrogens with zero attached hydrogens (tertiary/aromatic N) is 1. The Kier molecular flexibility index (Phi) is 6.53. The first-order valence-electron chi connectivity index (χ1n) is 8.34. The van der Waals surface area contributed by atoms with Gasteiger partial charge in [-0.2, -0.15) is 13.2 Å². The van der Waals surface area contributed by atoms with Gasteiger partial charge in [0.25, 0.3) is 15.9 Å². The van der Waals surface area contributed by atoms with Crippen molar-refractivity contribution in [3.63, 3.8) is 0 Å². The van der Waals surface area contributed by atoms with Crippen molar-refractivity contribution in [2.45, 2.75) is 17.6 Å². The van der Waals surface area contributed by atoms with Gasteiger partial charge in [-0.1, -0.05) is 29.0 Å². The largest absolute Gasteiger partial charge is 0.419 e. The number of anilines is 1. The van der Waals surface area contributed by atoms with Gasteiger partial charge in [-0.15, -0.1) is 0 Å². The van der Waals surface area contributed by atoms with Crippen molar-refractivity contribution < 1.29 is 30.8 Å². The topological polar surface area (TPSA) is 88.2 Å². The van der Waals surface area contributed by atoms with E-state index in [1.54, 1.807) is 0 Å². The fraction of sp³-hybridized carbons (Fsp3) is 0.111. The van der Waals surface area contributed by atoms with Gasteiger partial charge in [0, 0.05) is 12.1 Å². The van der Waals surface area contributed by atoms with E-state index in [9.17, 15) is 30.8 Å². The maximum Gasteiger partial charge on any atom is 0.419 e. The van der Waals surface area contributed by atoms with Crippen LogP contribution in [0.25, 0.3) is 0 Å². The molecule has 0 aliphatic heterocycles. The smallest absolute Gasteiger partial charge is 0.348 e. The lowest BCUT2D eigenvalue weighted by Crippen LogP contribution is -2.23. The van der Waals surface area contributed by atoms with E-state index in [2.05, 4.69) is 15.0 Å². The summed E-state index contributed by atoms with van der Waals surface area (Å²) in [6.07, 6.45) is -3.57. The summed E-state index contributed by atoms with van der Waals surface area (Å²) < 4.78 is 78.9. The molecular weight excluding hydrogens is 482 g/mol. The molecule has 31 heavy (non-hydrogen) atoms. The molecule has 3 rings (SSSR count). The van der Waals surface area contributed by atoms with Crippen molar-refractivity contribution in [2.24, 2.45) is 0 Å². The van der Waals surface area contributed by atoms with Gasteiger partial charge in [-0.05, 0) is 42.0 Å². The minimum atomic E-state index is -4.86. The zero-order valence-corrected chi connectivity index (χ0v) is 17.6. The highest BCUT2D eigenvalue weighted by Gasteiger charge is 2.34. The van der Waals surface area contributed by atoms with Gasteiger partial charge >= 0.3 is 6.18 Å². The molecule has 0 spiro atoms. The summed E-state index contributed by atoms with van der Waals surface area (Å²) in [5, 5.41) is 2.47. The van der Waals surface area contributed by atoms with Crippen LogP contribution in [0.2, 0.25) is 4.34 Å². The molecule has 1 amide bonds. The lowest BCUT2D eigenvalue weighted by Gasteiger charge is -2.11. The summed E-state index contributed by atoms with van der Waals surface area (Å²) in [5.41, 5.74) is -1.30. The predicted octanol–water partition coefficient (Wildman–Crippen LogP) is 4.69. The van der Waals surface area contributed by atoms with Gasteiger partial charge in [0.15, 0.2) is 5.13 Å². The average Bonchev–Trinajstić information content (AvgIpc) is 3.10. The molecular formula is C18H12ClF4N3O3S2. The van der Waals surface area contributed by atoms with Crippen molar-refractivity contribution in [1.29, 1.82) is 0 Å². The molecule has 0 unspecified atom stereocenters. The SMILES string of the molecule is O=C(NCc1ccc(F)c(C(F)(F)F)c1)c1ccc(S(=O)(=O)Nc2ncc(Cl)s2)cc1. The molecule has 0 fully saturated rings. The van der Waals surface area contributed by atoms with E-state index in [-0.39, 0.29) is 27.7 Å². The molecule has 0 atom stereocenters. The minimum absolute atomic E-state index is 0.0487. The van der Waals surface area contributed by atoms with Crippen molar-refractivity contribution in [2.75, 3.05) is 4.72 Å². The third-order valence-electron chi connectivity index (χ3n) is 3.92. The highest BCUT2D eigenvalue weighted by Crippen LogP contribution is 2.32. The van der Waals surface area contributed by atoms with E-state index < -0.39 is 33.5 Å². The van der Waals surface area contributed by atoms with Crippen LogP contribution in [0.1, 0.15) is 21.5 Å². The monoisotopic (exact) mass is 493 g/mol. The molecule has 164 valence electrons. The Labute approximate surface area is 182 Å². The Hall–Kier alpha value is -2.70. The van der Waals surface area contributed by atoms with Crippen LogP contribution >= 0.6 is 22.9 Å². The number of hydrogen-bond donors (Lipinski definition) is 2. The lowest BCUT2D eigenvalue weighted by molar-refractivity contribution is -0.140. The van der Waals surface area contributed by atoms with Gasteiger partial charge in [0.1, 0.15) is 10.2 Å². The number of thiazole rings is 1. The fourth-order valence-electron chi connectivity index (χ4n) is 2.44. The van der Waals surface area contributed by atoms with Gasteiger partial charge < -0.3 is 5.32 Å². The van der Waals surface area contributed by atoms with Crippen LogP contribution in [-0.2, 0) is 22.7 Å². The van der Waals surface area contributed by atoms with Crippen LogP contribution in [0, 0.1) is 5.82 Å². The third kappa shape index (κ3) is 5.71. The summed E-state index contributed by atoms with van der Waals surface area (Å²) in [6, 6.07) is 7.26. The number of amides is 1. The molecule has 0 saturated carbocycles. The summed E-state index contributed by atoms with van der Waals surface area (Å²) in [6.45, 7) is -0.283. The zero-order valence-electron chi connectivity index (χ0n) is 15.2. The van der Waals surface area contributed by atoms with Gasteiger partial charge in [0.05, 0.1) is 16.7 Å². The fourth-order valence-corrected chi connectivity index (χ4v) is 4.50. The van der Waals surface area contributed by atoms with Crippen LogP contribution in [0.15, 0.2) is 53.6 Å². The highest BCUT2D eigenvalue weighted by molar-refractivity contribution is 7.93. The van der Waals surface area contributed by atoms with Crippen LogP contribution in [0.3, 0.4) is 0 Å². The van der Waals surface area contributed by atoms with Crippen LogP contribution in [-0.4, -0.2) is 19.3 Å². The number of nitrogens with one attached hydrogen (secondary N) is 2. The number of halogens is 5. The van der Waals surface area contributed by atoms with E-state index in [0.717, 1.165) is 17.4 Å². The van der Waals surface area contributed by atoms with Crippen LogP contribution < -0.4 is 10.0 Å². The third-order valence-corrected chi connectivity index (χ3v) is 6.43. The molecule has 0 aliphatic carbocycles. The number of sulfonamides is 1. The molecule has 13 heteroatoms. The van der Waals surface area contributed by atoms with Crippen molar-refractivity contribution in [3.8, 4) is 0 Å². The highest BCUT2D eigenvalue weighted by atomic mass is 35.5. The molecule has 3 aromatic rings. The number of hydrogen-bond acceptors (Lipinski definition) is 5. The van der Waals surface area contributed by atoms with E-state index >= 15 is 0 Å².